The molecular formula is C18H24Cl3N3O2. The molecule has 3 heterocycles. The zero-order valence-corrected chi connectivity index (χ0v) is 17.4. The van der Waals surface area contributed by atoms with E-state index in [1.54, 1.807) is 12.1 Å². The lowest BCUT2D eigenvalue weighted by molar-refractivity contribution is -0.131. The molecule has 1 aromatic rings. The van der Waals surface area contributed by atoms with Gasteiger partial charge in [0.1, 0.15) is 6.17 Å². The molecule has 8 heteroatoms. The van der Waals surface area contributed by atoms with E-state index in [1.165, 1.54) is 0 Å². The minimum absolute atomic E-state index is 0.0320. The van der Waals surface area contributed by atoms with Gasteiger partial charge in [-0.2, -0.15) is 0 Å². The van der Waals surface area contributed by atoms with E-state index in [0.29, 0.717) is 19.6 Å². The van der Waals surface area contributed by atoms with E-state index in [2.05, 4.69) is 5.32 Å². The number of aromatic nitrogens is 1. The second kappa shape index (κ2) is 7.01. The summed E-state index contributed by atoms with van der Waals surface area (Å²) in [7, 11) is 0. The number of likely N-dealkylation sites (tertiary alicyclic amines) is 1. The van der Waals surface area contributed by atoms with E-state index in [0.717, 1.165) is 12.1 Å². The molecule has 0 aliphatic carbocycles. The van der Waals surface area contributed by atoms with E-state index in [1.807, 2.05) is 36.3 Å². The van der Waals surface area contributed by atoms with Gasteiger partial charge in [0.15, 0.2) is 0 Å². The Balaban J connectivity index is 1.87. The topological polar surface area (TPSA) is 54.3 Å². The molecule has 2 aliphatic heterocycles. The van der Waals surface area contributed by atoms with E-state index in [4.69, 9.17) is 34.8 Å². The van der Waals surface area contributed by atoms with Crippen molar-refractivity contribution >= 4 is 40.7 Å². The molecule has 0 aromatic carbocycles. The number of amides is 1. The second-order valence-electron chi connectivity index (χ2n) is 8.32. The lowest BCUT2D eigenvalue weighted by Gasteiger charge is -2.47. The molecule has 0 unspecified atom stereocenters. The highest BCUT2D eigenvalue weighted by Gasteiger charge is 2.45. The van der Waals surface area contributed by atoms with Gasteiger partial charge in [0.2, 0.25) is 9.70 Å². The average Bonchev–Trinajstić information content (AvgIpc) is 2.51. The fourth-order valence-corrected chi connectivity index (χ4v) is 4.44. The Hall–Kier alpha value is -0.750. The summed E-state index contributed by atoms with van der Waals surface area (Å²) in [5.74, 6) is 0.293. The van der Waals surface area contributed by atoms with Gasteiger partial charge < -0.3 is 9.88 Å². The van der Waals surface area contributed by atoms with E-state index in [9.17, 15) is 9.59 Å². The number of rotatable bonds is 2. The maximum absolute atomic E-state index is 12.5. The van der Waals surface area contributed by atoms with Gasteiger partial charge in [-0.25, -0.2) is 0 Å². The van der Waals surface area contributed by atoms with Crippen molar-refractivity contribution in [3.63, 3.8) is 0 Å². The maximum atomic E-state index is 12.5. The van der Waals surface area contributed by atoms with Crippen molar-refractivity contribution in [2.45, 2.75) is 49.6 Å². The van der Waals surface area contributed by atoms with Crippen molar-refractivity contribution in [1.29, 1.82) is 0 Å². The molecule has 26 heavy (non-hydrogen) atoms. The van der Waals surface area contributed by atoms with Gasteiger partial charge >= 0.3 is 0 Å². The highest BCUT2D eigenvalue weighted by Crippen LogP contribution is 2.40. The molecule has 1 fully saturated rings. The minimum atomic E-state index is -1.65. The number of alkyl halides is 3. The fraction of sp³-hybridized carbons (Fsp3) is 0.667. The summed E-state index contributed by atoms with van der Waals surface area (Å²) in [5, 5.41) is 2.91. The van der Waals surface area contributed by atoms with Crippen LogP contribution < -0.4 is 10.9 Å². The Morgan fingerprint density at radius 1 is 1.19 bits per heavy atom. The smallest absolute Gasteiger partial charge is 0.250 e. The summed E-state index contributed by atoms with van der Waals surface area (Å²) in [6.45, 7) is 7.42. The predicted molar refractivity (Wildman–Crippen MR) is 105 cm³/mol. The molecule has 1 amide bonds. The summed E-state index contributed by atoms with van der Waals surface area (Å²) in [6.07, 6.45) is 0.284. The number of piperidine rings is 1. The average molecular weight is 421 g/mol. The fourth-order valence-electron chi connectivity index (χ4n) is 3.87. The van der Waals surface area contributed by atoms with Gasteiger partial charge in [-0.05, 0) is 18.4 Å². The van der Waals surface area contributed by atoms with Crippen LogP contribution in [-0.2, 0) is 11.3 Å². The highest BCUT2D eigenvalue weighted by molar-refractivity contribution is 6.68. The van der Waals surface area contributed by atoms with Crippen LogP contribution in [0.2, 0.25) is 0 Å². The first kappa shape index (κ1) is 20.0. The summed E-state index contributed by atoms with van der Waals surface area (Å²) in [4.78, 5) is 26.7. The monoisotopic (exact) mass is 419 g/mol. The van der Waals surface area contributed by atoms with Gasteiger partial charge in [-0.3, -0.25) is 14.5 Å². The van der Waals surface area contributed by atoms with Crippen LogP contribution >= 0.6 is 34.8 Å². The van der Waals surface area contributed by atoms with Crippen molar-refractivity contribution in [1.82, 2.24) is 14.8 Å². The molecule has 1 aromatic heterocycles. The Bertz CT molecular complexity index is 751. The number of carbonyl (C=O) groups is 1. The molecule has 144 valence electrons. The zero-order chi connectivity index (χ0) is 19.3. The molecule has 0 radical (unpaired) electrons. The van der Waals surface area contributed by atoms with Crippen LogP contribution in [0, 0.1) is 11.3 Å². The van der Waals surface area contributed by atoms with Crippen LogP contribution in [0.25, 0.3) is 0 Å². The van der Waals surface area contributed by atoms with Crippen LogP contribution in [0.1, 0.15) is 38.8 Å². The first-order valence-corrected chi connectivity index (χ1v) is 9.91. The van der Waals surface area contributed by atoms with E-state index >= 15 is 0 Å². The van der Waals surface area contributed by atoms with Crippen molar-refractivity contribution < 1.29 is 4.79 Å². The van der Waals surface area contributed by atoms with Crippen LogP contribution in [-0.4, -0.2) is 38.4 Å². The number of carbonyl (C=O) groups excluding carboxylic acids is 1. The number of hydrogen-bond donors (Lipinski definition) is 1. The van der Waals surface area contributed by atoms with Crippen LogP contribution in [0.4, 0.5) is 0 Å². The Morgan fingerprint density at radius 3 is 2.50 bits per heavy atom. The number of fused-ring (bicyclic) bond motifs is 4. The third-order valence-electron chi connectivity index (χ3n) is 5.13. The van der Waals surface area contributed by atoms with Crippen molar-refractivity contribution in [3.05, 3.63) is 34.2 Å². The number of nitrogens with zero attached hydrogens (tertiary/aromatic N) is 2. The molecule has 1 N–H and O–H groups in total. The second-order valence-corrected chi connectivity index (χ2v) is 10.7. The molecule has 3 rings (SSSR count). The molecular weight excluding hydrogens is 397 g/mol. The lowest BCUT2D eigenvalue weighted by Crippen LogP contribution is -2.61. The third-order valence-corrected chi connectivity index (χ3v) is 5.75. The van der Waals surface area contributed by atoms with Crippen LogP contribution in [0.3, 0.4) is 0 Å². The SMILES string of the molecule is CC(C)(C)C(=O)N[C@@H](N1C[C@H]2C[C@H](C1)c1cccc(=O)n1C2)C(Cl)(Cl)Cl. The van der Waals surface area contributed by atoms with E-state index < -0.39 is 15.4 Å². The Morgan fingerprint density at radius 2 is 1.88 bits per heavy atom. The quantitative estimate of drug-likeness (QED) is 0.748. The van der Waals surface area contributed by atoms with E-state index in [-0.39, 0.29) is 23.3 Å². The summed E-state index contributed by atoms with van der Waals surface area (Å²) in [5.41, 5.74) is 0.466. The Labute approximate surface area is 168 Å². The van der Waals surface area contributed by atoms with Gasteiger partial charge in [0.05, 0.1) is 0 Å². The lowest BCUT2D eigenvalue weighted by atomic mass is 9.83. The molecule has 2 bridgehead atoms. The van der Waals surface area contributed by atoms with Gasteiger partial charge in [-0.1, -0.05) is 61.6 Å². The predicted octanol–water partition coefficient (Wildman–Crippen LogP) is 3.13. The van der Waals surface area contributed by atoms with Crippen LogP contribution in [0.15, 0.2) is 23.0 Å². The third kappa shape index (κ3) is 4.06. The first-order valence-electron chi connectivity index (χ1n) is 8.78. The zero-order valence-electron chi connectivity index (χ0n) is 15.1. The van der Waals surface area contributed by atoms with Crippen molar-refractivity contribution in [2.75, 3.05) is 13.1 Å². The number of pyridine rings is 1. The van der Waals surface area contributed by atoms with Crippen molar-refractivity contribution in [2.24, 2.45) is 11.3 Å². The summed E-state index contributed by atoms with van der Waals surface area (Å²) < 4.78 is 0.206. The summed E-state index contributed by atoms with van der Waals surface area (Å²) >= 11 is 18.7. The van der Waals surface area contributed by atoms with Gasteiger partial charge in [-0.15, -0.1) is 0 Å². The minimum Gasteiger partial charge on any atom is -0.336 e. The number of nitrogens with one attached hydrogen (secondary N) is 1. The molecule has 1 saturated heterocycles. The largest absolute Gasteiger partial charge is 0.336 e. The van der Waals surface area contributed by atoms with Gasteiger partial charge in [0, 0.05) is 42.7 Å². The van der Waals surface area contributed by atoms with Crippen LogP contribution in [0.5, 0.6) is 0 Å². The molecule has 3 atom stereocenters. The number of halogens is 3. The standard InChI is InChI=1S/C18H24Cl3N3O2/c1-17(2,3)16(26)22-15(18(19,20)21)23-8-11-7-12(10-23)13-5-4-6-14(25)24(13)9-11/h4-6,11-12,15H,7-10H2,1-3H3,(H,22,26)/t11-,12-,15+/m1/s1. The number of hydrogen-bond acceptors (Lipinski definition) is 3. The normalized spacial score (nSPS) is 24.7. The van der Waals surface area contributed by atoms with Gasteiger partial charge in [0.25, 0.3) is 5.56 Å². The maximum Gasteiger partial charge on any atom is 0.250 e. The highest BCUT2D eigenvalue weighted by atomic mass is 35.6. The van der Waals surface area contributed by atoms with Crippen molar-refractivity contribution in [3.8, 4) is 0 Å². The first-order chi connectivity index (χ1) is 12.0. The Kier molecular flexibility index (Phi) is 5.39. The molecule has 5 nitrogen and oxygen atoms in total. The molecule has 2 aliphatic rings. The molecule has 0 spiro atoms. The molecule has 0 saturated carbocycles. The summed E-state index contributed by atoms with van der Waals surface area (Å²) in [6, 6.07) is 5.38.